The first-order valence-corrected chi connectivity index (χ1v) is 8.66. The number of hydrogen-bond acceptors (Lipinski definition) is 6. The van der Waals surface area contributed by atoms with Crippen LogP contribution in [-0.2, 0) is 0 Å². The lowest BCUT2D eigenvalue weighted by Crippen LogP contribution is -2.16. The third kappa shape index (κ3) is 2.90. The van der Waals surface area contributed by atoms with E-state index in [0.717, 1.165) is 30.0 Å². The van der Waals surface area contributed by atoms with Gasteiger partial charge >= 0.3 is 0 Å². The molecule has 0 saturated heterocycles. The molecule has 3 aromatic rings. The van der Waals surface area contributed by atoms with Crippen LogP contribution in [0.1, 0.15) is 38.6 Å². The van der Waals surface area contributed by atoms with Crippen LogP contribution in [0.25, 0.3) is 22.6 Å². The van der Waals surface area contributed by atoms with E-state index in [1.54, 1.807) is 13.3 Å². The highest BCUT2D eigenvalue weighted by Crippen LogP contribution is 2.34. The number of fused-ring (bicyclic) bond motifs is 1. The van der Waals surface area contributed by atoms with Crippen LogP contribution in [0.15, 0.2) is 24.7 Å². The van der Waals surface area contributed by atoms with Crippen LogP contribution in [0, 0.1) is 5.92 Å². The number of nitrogens with zero attached hydrogens (tertiary/aromatic N) is 5. The Balaban J connectivity index is 1.78. The minimum Gasteiger partial charge on any atom is -0.481 e. The first-order valence-electron chi connectivity index (χ1n) is 8.66. The number of imidazole rings is 1. The van der Waals surface area contributed by atoms with E-state index in [1.807, 2.05) is 18.5 Å². The molecule has 0 spiro atoms. The van der Waals surface area contributed by atoms with E-state index in [9.17, 15) is 0 Å². The summed E-state index contributed by atoms with van der Waals surface area (Å²) < 4.78 is 7.36. The van der Waals surface area contributed by atoms with Crippen LogP contribution in [0.4, 0.5) is 5.82 Å². The number of anilines is 1. The van der Waals surface area contributed by atoms with Crippen molar-refractivity contribution in [3.63, 3.8) is 0 Å². The molecule has 0 aliphatic heterocycles. The molecule has 2 N–H and O–H groups in total. The molecule has 3 aromatic heterocycles. The summed E-state index contributed by atoms with van der Waals surface area (Å²) in [6.45, 7) is 2.32. The fraction of sp³-hybridized carbons (Fsp3) is 0.444. The highest BCUT2D eigenvalue weighted by atomic mass is 16.5. The van der Waals surface area contributed by atoms with E-state index in [0.29, 0.717) is 29.1 Å². The number of aromatic nitrogens is 5. The molecule has 1 saturated carbocycles. The van der Waals surface area contributed by atoms with Gasteiger partial charge in [0.05, 0.1) is 13.4 Å². The van der Waals surface area contributed by atoms with Crippen LogP contribution in [0.5, 0.6) is 5.88 Å². The molecule has 0 amide bonds. The number of nitrogens with two attached hydrogens (primary N) is 1. The first kappa shape index (κ1) is 15.8. The van der Waals surface area contributed by atoms with Crippen molar-refractivity contribution in [2.24, 2.45) is 5.92 Å². The van der Waals surface area contributed by atoms with Crippen LogP contribution < -0.4 is 10.5 Å². The molecule has 0 unspecified atom stereocenters. The van der Waals surface area contributed by atoms with Gasteiger partial charge < -0.3 is 15.0 Å². The Morgan fingerprint density at radius 1 is 1.16 bits per heavy atom. The van der Waals surface area contributed by atoms with Gasteiger partial charge in [0.1, 0.15) is 5.52 Å². The van der Waals surface area contributed by atoms with Gasteiger partial charge in [0, 0.05) is 23.9 Å². The van der Waals surface area contributed by atoms with E-state index < -0.39 is 0 Å². The molecule has 25 heavy (non-hydrogen) atoms. The molecule has 0 bridgehead atoms. The summed E-state index contributed by atoms with van der Waals surface area (Å²) in [5, 5.41) is 0. The Bertz CT molecular complexity index is 898. The van der Waals surface area contributed by atoms with E-state index in [-0.39, 0.29) is 0 Å². The van der Waals surface area contributed by atoms with Crippen LogP contribution >= 0.6 is 0 Å². The third-order valence-electron chi connectivity index (χ3n) is 5.03. The molecule has 3 heterocycles. The van der Waals surface area contributed by atoms with Gasteiger partial charge in [-0.05, 0) is 37.7 Å². The number of nitrogen functional groups attached to an aromatic ring is 1. The number of pyridine rings is 1. The Kier molecular flexibility index (Phi) is 3.99. The van der Waals surface area contributed by atoms with Crippen molar-refractivity contribution in [3.8, 4) is 17.3 Å². The molecular weight excluding hydrogens is 316 g/mol. The number of methoxy groups -OCH3 is 1. The number of rotatable bonds is 3. The van der Waals surface area contributed by atoms with Gasteiger partial charge in [-0.1, -0.05) is 6.92 Å². The zero-order valence-corrected chi connectivity index (χ0v) is 14.5. The molecule has 7 heteroatoms. The summed E-state index contributed by atoms with van der Waals surface area (Å²) in [6.07, 6.45) is 8.30. The summed E-state index contributed by atoms with van der Waals surface area (Å²) >= 11 is 0. The summed E-state index contributed by atoms with van der Waals surface area (Å²) in [5.41, 5.74) is 8.45. The van der Waals surface area contributed by atoms with Gasteiger partial charge in [-0.15, -0.1) is 0 Å². The Labute approximate surface area is 146 Å². The summed E-state index contributed by atoms with van der Waals surface area (Å²) in [5.74, 6) is 2.29. The van der Waals surface area contributed by atoms with Crippen molar-refractivity contribution in [2.75, 3.05) is 12.8 Å². The van der Waals surface area contributed by atoms with Crippen molar-refractivity contribution in [1.82, 2.24) is 24.5 Å². The lowest BCUT2D eigenvalue weighted by atomic mass is 9.87. The van der Waals surface area contributed by atoms with Crippen molar-refractivity contribution in [1.29, 1.82) is 0 Å². The Hall–Kier alpha value is -2.70. The smallest absolute Gasteiger partial charge is 0.213 e. The van der Waals surface area contributed by atoms with Crippen molar-refractivity contribution in [2.45, 2.75) is 38.6 Å². The average Bonchev–Trinajstić information content (AvgIpc) is 3.07. The van der Waals surface area contributed by atoms with Gasteiger partial charge in [0.15, 0.2) is 17.3 Å². The number of ether oxygens (including phenoxy) is 1. The van der Waals surface area contributed by atoms with E-state index in [1.165, 1.54) is 12.8 Å². The minimum absolute atomic E-state index is 0.402. The fourth-order valence-corrected chi connectivity index (χ4v) is 3.52. The van der Waals surface area contributed by atoms with Gasteiger partial charge in [0.25, 0.3) is 0 Å². The molecule has 1 aliphatic carbocycles. The Morgan fingerprint density at radius 3 is 2.72 bits per heavy atom. The normalized spacial score (nSPS) is 20.7. The fourth-order valence-electron chi connectivity index (χ4n) is 3.52. The van der Waals surface area contributed by atoms with Crippen LogP contribution in [-0.4, -0.2) is 31.6 Å². The zero-order chi connectivity index (χ0) is 17.4. The van der Waals surface area contributed by atoms with Crippen molar-refractivity contribution < 1.29 is 4.74 Å². The van der Waals surface area contributed by atoms with Crippen LogP contribution in [0.2, 0.25) is 0 Å². The molecule has 1 aliphatic rings. The molecule has 0 radical (unpaired) electrons. The van der Waals surface area contributed by atoms with E-state index in [4.69, 9.17) is 15.5 Å². The molecule has 4 rings (SSSR count). The molecule has 130 valence electrons. The second kappa shape index (κ2) is 6.31. The lowest BCUT2D eigenvalue weighted by molar-refractivity contribution is 0.293. The second-order valence-electron chi connectivity index (χ2n) is 6.76. The largest absolute Gasteiger partial charge is 0.481 e. The molecular formula is C18H22N6O. The lowest BCUT2D eigenvalue weighted by Gasteiger charge is -2.27. The van der Waals surface area contributed by atoms with Crippen molar-refractivity contribution >= 4 is 17.0 Å². The third-order valence-corrected chi connectivity index (χ3v) is 5.03. The highest BCUT2D eigenvalue weighted by molar-refractivity contribution is 5.83. The molecule has 0 atom stereocenters. The molecule has 1 fully saturated rings. The maximum Gasteiger partial charge on any atom is 0.213 e. The van der Waals surface area contributed by atoms with Gasteiger partial charge in [-0.2, -0.15) is 0 Å². The zero-order valence-electron chi connectivity index (χ0n) is 14.5. The quantitative estimate of drug-likeness (QED) is 0.788. The van der Waals surface area contributed by atoms with Gasteiger partial charge in [-0.25, -0.2) is 19.9 Å². The predicted octanol–water partition coefficient (Wildman–Crippen LogP) is 3.23. The second-order valence-corrected chi connectivity index (χ2v) is 6.76. The molecule has 0 aromatic carbocycles. The van der Waals surface area contributed by atoms with E-state index in [2.05, 4.69) is 26.4 Å². The summed E-state index contributed by atoms with van der Waals surface area (Å²) in [4.78, 5) is 17.8. The van der Waals surface area contributed by atoms with Crippen LogP contribution in [0.3, 0.4) is 0 Å². The first-order chi connectivity index (χ1) is 12.2. The maximum atomic E-state index is 6.16. The summed E-state index contributed by atoms with van der Waals surface area (Å²) in [6, 6.07) is 4.09. The monoisotopic (exact) mass is 338 g/mol. The predicted molar refractivity (Wildman–Crippen MR) is 96.2 cm³/mol. The van der Waals surface area contributed by atoms with Crippen molar-refractivity contribution in [3.05, 3.63) is 24.7 Å². The topological polar surface area (TPSA) is 91.7 Å². The average molecular weight is 338 g/mol. The van der Waals surface area contributed by atoms with Gasteiger partial charge in [-0.3, -0.25) is 0 Å². The summed E-state index contributed by atoms with van der Waals surface area (Å²) in [7, 11) is 1.59. The standard InChI is InChI=1S/C18H22N6O/c1-11-3-5-13(6-4-11)24-10-21-15-16(19)22-17(23-18(15)24)12-7-8-20-14(9-12)25-2/h7-11,13H,3-6H2,1-2H3,(H2,19,22,23). The van der Waals surface area contributed by atoms with E-state index >= 15 is 0 Å². The Morgan fingerprint density at radius 2 is 1.96 bits per heavy atom. The molecule has 7 nitrogen and oxygen atoms in total. The maximum absolute atomic E-state index is 6.16. The van der Waals surface area contributed by atoms with Gasteiger partial charge in [0.2, 0.25) is 5.88 Å². The highest BCUT2D eigenvalue weighted by Gasteiger charge is 2.23. The SMILES string of the molecule is COc1cc(-c2nc(N)c3ncn(C4CCC(C)CC4)c3n2)ccn1. The number of hydrogen-bond donors (Lipinski definition) is 1. The minimum atomic E-state index is 0.402.